The molecule has 1 aliphatic rings. The van der Waals surface area contributed by atoms with Crippen LogP contribution in [-0.2, 0) is 9.53 Å². The summed E-state index contributed by atoms with van der Waals surface area (Å²) in [5, 5.41) is 0. The van der Waals surface area contributed by atoms with Gasteiger partial charge < -0.3 is 9.64 Å². The van der Waals surface area contributed by atoms with E-state index in [0.717, 1.165) is 37.6 Å². The molecule has 1 aromatic rings. The number of aromatic nitrogens is 2. The largest absolute Gasteiger partial charge is 0.466 e. The Bertz CT molecular complexity index is 414. The van der Waals surface area contributed by atoms with Gasteiger partial charge in [0.1, 0.15) is 11.6 Å². The van der Waals surface area contributed by atoms with Crippen molar-refractivity contribution < 1.29 is 9.53 Å². The van der Waals surface area contributed by atoms with Gasteiger partial charge in [-0.2, -0.15) is 0 Å². The normalized spacial score (nSPS) is 16.7. The minimum Gasteiger partial charge on any atom is -0.466 e. The average molecular weight is 249 g/mol. The van der Waals surface area contributed by atoms with Gasteiger partial charge in [-0.1, -0.05) is 0 Å². The topological polar surface area (TPSA) is 55.3 Å². The Morgan fingerprint density at radius 3 is 2.83 bits per heavy atom. The predicted molar refractivity (Wildman–Crippen MR) is 68.3 cm³/mol. The van der Waals surface area contributed by atoms with E-state index in [1.807, 2.05) is 19.9 Å². The second-order valence-corrected chi connectivity index (χ2v) is 4.48. The molecule has 1 aromatic heterocycles. The minimum absolute atomic E-state index is 0.0455. The third-order valence-electron chi connectivity index (χ3n) is 3.20. The van der Waals surface area contributed by atoms with Crippen molar-refractivity contribution in [2.75, 3.05) is 24.6 Å². The van der Waals surface area contributed by atoms with Crippen molar-refractivity contribution in [2.45, 2.75) is 26.7 Å². The van der Waals surface area contributed by atoms with E-state index in [4.69, 9.17) is 4.74 Å². The molecule has 2 heterocycles. The molecule has 2 rings (SSSR count). The fourth-order valence-electron chi connectivity index (χ4n) is 2.22. The zero-order valence-electron chi connectivity index (χ0n) is 10.9. The van der Waals surface area contributed by atoms with Crippen LogP contribution in [0.4, 0.5) is 5.82 Å². The van der Waals surface area contributed by atoms with E-state index < -0.39 is 0 Å². The highest BCUT2D eigenvalue weighted by Gasteiger charge is 2.26. The fourth-order valence-corrected chi connectivity index (χ4v) is 2.22. The molecule has 0 aliphatic carbocycles. The molecule has 1 aliphatic heterocycles. The number of aryl methyl sites for hydroxylation is 1. The minimum atomic E-state index is -0.0592. The van der Waals surface area contributed by atoms with Crippen LogP contribution < -0.4 is 4.90 Å². The Hall–Kier alpha value is -1.65. The van der Waals surface area contributed by atoms with Gasteiger partial charge in [0.05, 0.1) is 12.5 Å². The number of esters is 1. The van der Waals surface area contributed by atoms with Crippen molar-refractivity contribution in [3.8, 4) is 0 Å². The number of carbonyl (C=O) groups excluding carboxylic acids is 1. The van der Waals surface area contributed by atoms with Crippen LogP contribution in [0.3, 0.4) is 0 Å². The molecule has 0 spiro atoms. The van der Waals surface area contributed by atoms with E-state index in [0.29, 0.717) is 6.61 Å². The van der Waals surface area contributed by atoms with Crippen molar-refractivity contribution in [2.24, 2.45) is 5.92 Å². The summed E-state index contributed by atoms with van der Waals surface area (Å²) in [6, 6.07) is 1.91. The van der Waals surface area contributed by atoms with Crippen molar-refractivity contribution in [3.63, 3.8) is 0 Å². The molecule has 1 saturated heterocycles. The molecule has 18 heavy (non-hydrogen) atoms. The fraction of sp³-hybridized carbons (Fsp3) is 0.615. The number of anilines is 1. The van der Waals surface area contributed by atoms with Crippen molar-refractivity contribution in [3.05, 3.63) is 18.1 Å². The first-order valence-corrected chi connectivity index (χ1v) is 6.42. The van der Waals surface area contributed by atoms with Gasteiger partial charge in [0.15, 0.2) is 0 Å². The maximum absolute atomic E-state index is 11.6. The Morgan fingerprint density at radius 2 is 2.22 bits per heavy atom. The molecule has 0 aromatic carbocycles. The van der Waals surface area contributed by atoms with Gasteiger partial charge in [0.2, 0.25) is 0 Å². The first-order chi connectivity index (χ1) is 8.70. The van der Waals surface area contributed by atoms with Crippen LogP contribution in [0, 0.1) is 12.8 Å². The highest BCUT2D eigenvalue weighted by atomic mass is 16.5. The van der Waals surface area contributed by atoms with Crippen LogP contribution in [-0.4, -0.2) is 35.6 Å². The summed E-state index contributed by atoms with van der Waals surface area (Å²) >= 11 is 0. The smallest absolute Gasteiger partial charge is 0.309 e. The lowest BCUT2D eigenvalue weighted by molar-refractivity contribution is -0.148. The SMILES string of the molecule is CCOC(=O)C1CCN(c2ccnc(C)n2)CC1. The lowest BCUT2D eigenvalue weighted by Gasteiger charge is -2.31. The summed E-state index contributed by atoms with van der Waals surface area (Å²) in [6.07, 6.45) is 3.44. The molecule has 0 amide bonds. The summed E-state index contributed by atoms with van der Waals surface area (Å²) in [7, 11) is 0. The molecular weight excluding hydrogens is 230 g/mol. The molecule has 98 valence electrons. The highest BCUT2D eigenvalue weighted by molar-refractivity contribution is 5.72. The summed E-state index contributed by atoms with van der Waals surface area (Å²) in [5.74, 6) is 1.71. The average Bonchev–Trinajstić information content (AvgIpc) is 2.39. The second-order valence-electron chi connectivity index (χ2n) is 4.48. The molecule has 5 nitrogen and oxygen atoms in total. The van der Waals surface area contributed by atoms with E-state index in [1.54, 1.807) is 6.20 Å². The first kappa shape index (κ1) is 12.8. The molecule has 0 bridgehead atoms. The summed E-state index contributed by atoms with van der Waals surface area (Å²) in [5.41, 5.74) is 0. The monoisotopic (exact) mass is 249 g/mol. The van der Waals surface area contributed by atoms with Crippen LogP contribution in [0.15, 0.2) is 12.3 Å². The molecular formula is C13H19N3O2. The van der Waals surface area contributed by atoms with Crippen molar-refractivity contribution in [1.29, 1.82) is 0 Å². The molecule has 1 fully saturated rings. The predicted octanol–water partition coefficient (Wildman–Crippen LogP) is 1.56. The number of rotatable bonds is 3. The van der Waals surface area contributed by atoms with Gasteiger partial charge in [-0.05, 0) is 32.8 Å². The van der Waals surface area contributed by atoms with E-state index in [-0.39, 0.29) is 11.9 Å². The van der Waals surface area contributed by atoms with E-state index in [1.165, 1.54) is 0 Å². The maximum atomic E-state index is 11.6. The summed E-state index contributed by atoms with van der Waals surface area (Å²) in [4.78, 5) is 22.3. The van der Waals surface area contributed by atoms with Gasteiger partial charge in [0.25, 0.3) is 0 Å². The van der Waals surface area contributed by atoms with E-state index in [9.17, 15) is 4.79 Å². The number of carbonyl (C=O) groups is 1. The Kier molecular flexibility index (Phi) is 4.12. The summed E-state index contributed by atoms with van der Waals surface area (Å²) < 4.78 is 5.06. The van der Waals surface area contributed by atoms with Crippen LogP contribution >= 0.6 is 0 Å². The standard InChI is InChI=1S/C13H19N3O2/c1-3-18-13(17)11-5-8-16(9-6-11)12-4-7-14-10(2)15-12/h4,7,11H,3,5-6,8-9H2,1-2H3. The third-order valence-corrected chi connectivity index (χ3v) is 3.20. The molecule has 0 unspecified atom stereocenters. The number of piperidine rings is 1. The molecule has 0 saturated carbocycles. The Morgan fingerprint density at radius 1 is 1.50 bits per heavy atom. The van der Waals surface area contributed by atoms with E-state index >= 15 is 0 Å². The zero-order valence-corrected chi connectivity index (χ0v) is 10.9. The maximum Gasteiger partial charge on any atom is 0.309 e. The van der Waals surface area contributed by atoms with Gasteiger partial charge in [0, 0.05) is 19.3 Å². The molecule has 5 heteroatoms. The number of hydrogen-bond acceptors (Lipinski definition) is 5. The van der Waals surface area contributed by atoms with Gasteiger partial charge in [-0.3, -0.25) is 4.79 Å². The van der Waals surface area contributed by atoms with Crippen molar-refractivity contribution >= 4 is 11.8 Å². The van der Waals surface area contributed by atoms with Gasteiger partial charge >= 0.3 is 5.97 Å². The van der Waals surface area contributed by atoms with Gasteiger partial charge in [-0.15, -0.1) is 0 Å². The quantitative estimate of drug-likeness (QED) is 0.761. The van der Waals surface area contributed by atoms with Crippen LogP contribution in [0.5, 0.6) is 0 Å². The lowest BCUT2D eigenvalue weighted by atomic mass is 9.97. The second kappa shape index (κ2) is 5.80. The highest BCUT2D eigenvalue weighted by Crippen LogP contribution is 2.22. The van der Waals surface area contributed by atoms with Crippen LogP contribution in [0.25, 0.3) is 0 Å². The van der Waals surface area contributed by atoms with Crippen LogP contribution in [0.1, 0.15) is 25.6 Å². The molecule has 0 radical (unpaired) electrons. The number of nitrogens with zero attached hydrogens (tertiary/aromatic N) is 3. The first-order valence-electron chi connectivity index (χ1n) is 6.42. The summed E-state index contributed by atoms with van der Waals surface area (Å²) in [6.45, 7) is 5.88. The zero-order chi connectivity index (χ0) is 13.0. The van der Waals surface area contributed by atoms with Crippen LogP contribution in [0.2, 0.25) is 0 Å². The Labute approximate surface area is 107 Å². The molecule has 0 N–H and O–H groups in total. The number of ether oxygens (including phenoxy) is 1. The Balaban J connectivity index is 1.92. The molecule has 0 atom stereocenters. The van der Waals surface area contributed by atoms with Crippen molar-refractivity contribution in [1.82, 2.24) is 9.97 Å². The lowest BCUT2D eigenvalue weighted by Crippen LogP contribution is -2.37. The van der Waals surface area contributed by atoms with E-state index in [2.05, 4.69) is 14.9 Å². The third kappa shape index (κ3) is 2.97. The number of hydrogen-bond donors (Lipinski definition) is 0. The van der Waals surface area contributed by atoms with Gasteiger partial charge in [-0.25, -0.2) is 9.97 Å².